The minimum atomic E-state index is -4.75. The number of fused-ring (bicyclic) bond motifs is 3. The predicted octanol–water partition coefficient (Wildman–Crippen LogP) is 8.79. The van der Waals surface area contributed by atoms with Crippen molar-refractivity contribution in [1.82, 2.24) is 35.1 Å². The number of piperazine rings is 1. The molecule has 4 aliphatic rings. The number of aliphatic imine (C=N–C) groups is 1. The van der Waals surface area contributed by atoms with Crippen LogP contribution in [0, 0.1) is 29.0 Å². The van der Waals surface area contributed by atoms with E-state index in [0.717, 1.165) is 23.7 Å². The average Bonchev–Trinajstić information content (AvgIpc) is 3.62. The Kier molecular flexibility index (Phi) is 18.8. The number of nitrogens with one attached hydrogen (secondary N) is 2. The molecule has 420 valence electrons. The van der Waals surface area contributed by atoms with Crippen molar-refractivity contribution in [2.45, 2.75) is 136 Å². The predicted molar refractivity (Wildman–Crippen MR) is 274 cm³/mol. The molecule has 3 aromatic rings. The molecule has 22 heteroatoms. The molecule has 0 spiro atoms. The van der Waals surface area contributed by atoms with Crippen molar-refractivity contribution in [3.63, 3.8) is 0 Å². The van der Waals surface area contributed by atoms with Crippen molar-refractivity contribution >= 4 is 50.5 Å². The van der Waals surface area contributed by atoms with Crippen molar-refractivity contribution in [2.75, 3.05) is 65.4 Å². The monoisotopic (exact) mass is 1250 g/mol. The summed E-state index contributed by atoms with van der Waals surface area (Å²) >= 11 is 1.48. The molecule has 0 radical (unpaired) electrons. The van der Waals surface area contributed by atoms with E-state index in [1.165, 1.54) is 42.5 Å². The number of rotatable bonds is 12. The second-order valence-corrected chi connectivity index (χ2v) is 23.5. The number of hydrogen-bond donors (Lipinski definition) is 2. The van der Waals surface area contributed by atoms with E-state index in [1.807, 2.05) is 40.8 Å². The van der Waals surface area contributed by atoms with Gasteiger partial charge in [-0.05, 0) is 20.0 Å². The zero-order chi connectivity index (χ0) is 55.6. The first-order chi connectivity index (χ1) is 35.6. The summed E-state index contributed by atoms with van der Waals surface area (Å²) in [5.41, 5.74) is 4.01. The number of anilines is 1. The SMILES string of the molecule is C=C1N=CC[C@H](N[C](=[Os])[C@H](C(C)C)N(C)C(=O)C2CCC(CC(F)(F)F)CC2)C(=O)N2CCC[C@H](N2)C(=O)OCC(C)(C)Cc2c(-c3cc(N4CCN(C)CC4)cnc3[C@H](C)OC)n(CC(F)(F)F)c3cc(F)c1cc23. The van der Waals surface area contributed by atoms with E-state index in [4.69, 9.17) is 14.5 Å². The Balaban J connectivity index is 1.29. The quantitative estimate of drug-likeness (QED) is 0.134. The molecule has 1 aromatic carbocycles. The maximum absolute atomic E-state index is 16.8. The summed E-state index contributed by atoms with van der Waals surface area (Å²) in [6.45, 7) is 14.8. The Morgan fingerprint density at radius 2 is 1.68 bits per heavy atom. The first kappa shape index (κ1) is 59.1. The average molecular weight is 1250 g/mol. The fourth-order valence-electron chi connectivity index (χ4n) is 11.1. The Hall–Kier alpha value is -4.61. The van der Waals surface area contributed by atoms with Crippen LogP contribution in [0.3, 0.4) is 0 Å². The van der Waals surface area contributed by atoms with Gasteiger partial charge >= 0.3 is 331 Å². The van der Waals surface area contributed by atoms with Crippen LogP contribution in [0.5, 0.6) is 0 Å². The van der Waals surface area contributed by atoms with E-state index >= 15 is 4.39 Å². The number of ether oxygens (including phenoxy) is 2. The molecule has 3 fully saturated rings. The number of halogens is 7. The number of esters is 1. The number of amides is 2. The molecule has 76 heavy (non-hydrogen) atoms. The molecule has 3 aliphatic heterocycles. The van der Waals surface area contributed by atoms with Crippen LogP contribution < -0.4 is 15.6 Å². The first-order valence-corrected chi connectivity index (χ1v) is 27.4. The van der Waals surface area contributed by atoms with E-state index in [1.54, 1.807) is 25.1 Å². The molecule has 2 N–H and O–H groups in total. The number of aromatic nitrogens is 2. The standard InChI is InChI=1S/C54H72F7N9O5.Os/c1-32(2)46(67(8)49(71)36-14-12-35(13-15-36)26-53(56,57)58)29-63-43-16-17-62-33(3)38-24-39-41(27-52(5,6)31-75-51(73)44-11-10-18-70(65-44)50(43)72)48(69(30-54(59,60)61)45(39)25-42(38)55)40-23-37(28-64-47(40)34(4)74-9)68-21-19-66(7)20-22-68;/h17,23-25,28,32,34-36,43-44,46,63,65H,3,10-16,18-22,26-27,30-31H2,1-2,4-9H3;/t34-,35?,36?,43-,44-,46+;/m0./s1. The number of cyclic esters (lactones) is 1. The second-order valence-electron chi connectivity index (χ2n) is 22.1. The fourth-order valence-corrected chi connectivity index (χ4v) is 12.9. The van der Waals surface area contributed by atoms with Gasteiger partial charge in [0.1, 0.15) is 6.54 Å². The topological polar surface area (TPSA) is 137 Å². The van der Waals surface area contributed by atoms with Crippen LogP contribution in [0.4, 0.5) is 36.4 Å². The molecule has 4 atom stereocenters. The number of hydrazine groups is 1. The van der Waals surface area contributed by atoms with Gasteiger partial charge < -0.3 is 14.5 Å². The summed E-state index contributed by atoms with van der Waals surface area (Å²) in [4.78, 5) is 58.0. The van der Waals surface area contributed by atoms with Gasteiger partial charge in [0.25, 0.3) is 0 Å². The van der Waals surface area contributed by atoms with Gasteiger partial charge in [0.05, 0.1) is 23.7 Å². The van der Waals surface area contributed by atoms with E-state index in [-0.39, 0.29) is 60.3 Å². The third-order valence-electron chi connectivity index (χ3n) is 15.2. The summed E-state index contributed by atoms with van der Waals surface area (Å²) in [5, 5.41) is 5.01. The van der Waals surface area contributed by atoms with Gasteiger partial charge in [-0.2, -0.15) is 13.2 Å². The van der Waals surface area contributed by atoms with Gasteiger partial charge in [0, 0.05) is 38.9 Å². The van der Waals surface area contributed by atoms with Crippen LogP contribution in [0.25, 0.3) is 27.9 Å². The summed E-state index contributed by atoms with van der Waals surface area (Å²) in [6, 6.07) is 1.84. The van der Waals surface area contributed by atoms with Gasteiger partial charge in [0.15, 0.2) is 0 Å². The van der Waals surface area contributed by atoms with E-state index in [2.05, 4.69) is 32.1 Å². The van der Waals surface area contributed by atoms with Crippen LogP contribution in [-0.2, 0) is 55.0 Å². The molecule has 0 unspecified atom stereocenters. The molecule has 2 amide bonds. The summed E-state index contributed by atoms with van der Waals surface area (Å²) in [7, 11) is 5.16. The number of pyridine rings is 1. The van der Waals surface area contributed by atoms with Gasteiger partial charge in [0.2, 0.25) is 0 Å². The Bertz CT molecular complexity index is 2660. The molecular formula is C54H72F7N9O5Os. The summed E-state index contributed by atoms with van der Waals surface area (Å²) < 4.78 is 115. The van der Waals surface area contributed by atoms with Crippen molar-refractivity contribution in [3.05, 3.63) is 53.6 Å². The van der Waals surface area contributed by atoms with Crippen LogP contribution in [-0.4, -0.2) is 144 Å². The first-order valence-electron chi connectivity index (χ1n) is 26.1. The number of nitrogens with zero attached hydrogens (tertiary/aromatic N) is 7. The molecule has 2 saturated heterocycles. The number of benzene rings is 1. The van der Waals surface area contributed by atoms with Crippen LogP contribution in [0.1, 0.15) is 109 Å². The number of alkyl halides is 6. The third kappa shape index (κ3) is 14.2. The Morgan fingerprint density at radius 1 is 1.00 bits per heavy atom. The number of methoxy groups -OCH3 is 1. The van der Waals surface area contributed by atoms with Gasteiger partial charge in [-0.3, -0.25) is 4.98 Å². The van der Waals surface area contributed by atoms with Gasteiger partial charge in [-0.1, -0.05) is 0 Å². The maximum atomic E-state index is 16.8. The zero-order valence-corrected chi connectivity index (χ0v) is 47.2. The van der Waals surface area contributed by atoms with Crippen molar-refractivity contribution in [2.24, 2.45) is 28.2 Å². The molecule has 4 bridgehead atoms. The Labute approximate surface area is 450 Å². The van der Waals surface area contributed by atoms with Crippen LogP contribution in [0.2, 0.25) is 0 Å². The second kappa shape index (κ2) is 24.2. The normalized spacial score (nSPS) is 23.4. The molecule has 1 aliphatic carbocycles. The number of hydrogen-bond acceptors (Lipinski definition) is 11. The zero-order valence-electron chi connectivity index (χ0n) is 44.6. The van der Waals surface area contributed by atoms with Crippen LogP contribution >= 0.6 is 0 Å². The molecule has 14 nitrogen and oxygen atoms in total. The number of carbonyl (C=O) groups excluding carboxylic acids is 3. The summed E-state index contributed by atoms with van der Waals surface area (Å²) in [6.07, 6.45) is -5.47. The van der Waals surface area contributed by atoms with Crippen molar-refractivity contribution < 1.29 is 72.7 Å². The van der Waals surface area contributed by atoms with Crippen molar-refractivity contribution in [3.8, 4) is 11.3 Å². The van der Waals surface area contributed by atoms with E-state index < -0.39 is 84.5 Å². The molecule has 7 rings (SSSR count). The molecule has 5 heterocycles. The third-order valence-corrected chi connectivity index (χ3v) is 16.3. The molecular weight excluding hydrogens is 1180 g/mol. The molecule has 1 saturated carbocycles. The van der Waals surface area contributed by atoms with E-state index in [0.29, 0.717) is 83.7 Å². The Morgan fingerprint density at radius 3 is 2.32 bits per heavy atom. The minimum absolute atomic E-state index is 0.0333. The van der Waals surface area contributed by atoms with Crippen LogP contribution in [0.15, 0.2) is 36.0 Å². The molecule has 2 aromatic heterocycles. The fraction of sp³-hybridized carbons (Fsp3) is 0.630. The van der Waals surface area contributed by atoms with Gasteiger partial charge in [-0.25, -0.2) is 0 Å². The summed E-state index contributed by atoms with van der Waals surface area (Å²) in [5.74, 6) is -3.32. The van der Waals surface area contributed by atoms with Crippen molar-refractivity contribution in [1.29, 1.82) is 0 Å². The van der Waals surface area contributed by atoms with Gasteiger partial charge in [-0.15, -0.1) is 0 Å². The number of carbonyl (C=O) groups is 3. The number of likely N-dealkylation sites (N-methyl/N-ethyl adjacent to an activating group) is 2. The van der Waals surface area contributed by atoms with E-state index in [9.17, 15) is 40.7 Å².